The Hall–Kier alpha value is -1.59. The monoisotopic (exact) mass is 357 g/mol. The first kappa shape index (κ1) is 16.6. The Bertz CT molecular complexity index is 774. The van der Waals surface area contributed by atoms with Gasteiger partial charge in [0.05, 0.1) is 12.7 Å². The molecular formula is C21H27NO4. The molecule has 3 atom stereocenters. The van der Waals surface area contributed by atoms with E-state index in [2.05, 4.69) is 4.90 Å². The van der Waals surface area contributed by atoms with Gasteiger partial charge in [-0.2, -0.15) is 0 Å². The van der Waals surface area contributed by atoms with Gasteiger partial charge in [-0.05, 0) is 56.2 Å². The molecule has 1 saturated heterocycles. The van der Waals surface area contributed by atoms with E-state index < -0.39 is 11.0 Å². The van der Waals surface area contributed by atoms with Gasteiger partial charge < -0.3 is 14.9 Å². The molecular weight excluding hydrogens is 330 g/mol. The molecule has 1 aromatic rings. The summed E-state index contributed by atoms with van der Waals surface area (Å²) in [5.74, 6) is 1.51. The van der Waals surface area contributed by atoms with Crippen molar-refractivity contribution in [2.45, 2.75) is 62.0 Å². The molecule has 3 fully saturated rings. The number of likely N-dealkylation sites (tertiary alicyclic amines) is 1. The number of ketones is 1. The van der Waals surface area contributed by atoms with Gasteiger partial charge in [-0.3, -0.25) is 9.69 Å². The molecule has 1 heterocycles. The molecule has 1 aliphatic heterocycles. The third-order valence-electron chi connectivity index (χ3n) is 7.46. The number of nitrogens with zero attached hydrogens (tertiary/aromatic N) is 1. The Morgan fingerprint density at radius 3 is 2.85 bits per heavy atom. The average molecular weight is 357 g/mol. The van der Waals surface area contributed by atoms with Crippen LogP contribution in [0.4, 0.5) is 0 Å². The highest BCUT2D eigenvalue weighted by Crippen LogP contribution is 2.60. The summed E-state index contributed by atoms with van der Waals surface area (Å²) in [6.45, 7) is 1.93. The molecule has 0 aromatic heterocycles. The SMILES string of the molecule is COc1ccc2c(c1O)[C@@]13CCN(CC4CC4)[C@@H](C2)[C@@]1(O)CCC(=O)C3. The fourth-order valence-corrected chi connectivity index (χ4v) is 6.00. The van der Waals surface area contributed by atoms with E-state index in [1.54, 1.807) is 13.2 Å². The summed E-state index contributed by atoms with van der Waals surface area (Å²) in [6.07, 6.45) is 5.28. The quantitative estimate of drug-likeness (QED) is 0.868. The van der Waals surface area contributed by atoms with Crippen molar-refractivity contribution in [3.05, 3.63) is 23.3 Å². The third-order valence-corrected chi connectivity index (χ3v) is 7.46. The summed E-state index contributed by atoms with van der Waals surface area (Å²) >= 11 is 0. The zero-order valence-electron chi connectivity index (χ0n) is 15.3. The van der Waals surface area contributed by atoms with E-state index in [0.717, 1.165) is 36.6 Å². The summed E-state index contributed by atoms with van der Waals surface area (Å²) in [7, 11) is 1.54. The zero-order chi connectivity index (χ0) is 18.1. The minimum atomic E-state index is -0.953. The summed E-state index contributed by atoms with van der Waals surface area (Å²) < 4.78 is 5.34. The number of phenols is 1. The number of hydrogen-bond acceptors (Lipinski definition) is 5. The summed E-state index contributed by atoms with van der Waals surface area (Å²) in [6, 6.07) is 3.85. The van der Waals surface area contributed by atoms with Gasteiger partial charge in [0.25, 0.3) is 0 Å². The van der Waals surface area contributed by atoms with E-state index in [1.807, 2.05) is 6.07 Å². The lowest BCUT2D eigenvalue weighted by Crippen LogP contribution is -2.73. The van der Waals surface area contributed by atoms with Gasteiger partial charge in [0, 0.05) is 36.4 Å². The van der Waals surface area contributed by atoms with Crippen LogP contribution >= 0.6 is 0 Å². The molecule has 2 N–H and O–H groups in total. The van der Waals surface area contributed by atoms with Crippen LogP contribution in [0.3, 0.4) is 0 Å². The van der Waals surface area contributed by atoms with Gasteiger partial charge in [-0.1, -0.05) is 6.07 Å². The van der Waals surface area contributed by atoms with Crippen LogP contribution in [0.1, 0.15) is 49.7 Å². The third kappa shape index (κ3) is 2.07. The molecule has 5 nitrogen and oxygen atoms in total. The fourth-order valence-electron chi connectivity index (χ4n) is 6.00. The van der Waals surface area contributed by atoms with Gasteiger partial charge in [0.15, 0.2) is 11.5 Å². The van der Waals surface area contributed by atoms with E-state index in [9.17, 15) is 15.0 Å². The summed E-state index contributed by atoms with van der Waals surface area (Å²) in [4.78, 5) is 14.9. The number of rotatable bonds is 3. The van der Waals surface area contributed by atoms with Crippen LogP contribution in [-0.4, -0.2) is 52.7 Å². The minimum Gasteiger partial charge on any atom is -0.504 e. The van der Waals surface area contributed by atoms with Crippen LogP contribution < -0.4 is 4.74 Å². The largest absolute Gasteiger partial charge is 0.504 e. The Morgan fingerprint density at radius 2 is 2.12 bits per heavy atom. The zero-order valence-corrected chi connectivity index (χ0v) is 15.3. The first-order valence-electron chi connectivity index (χ1n) is 9.86. The van der Waals surface area contributed by atoms with Crippen LogP contribution in [0.2, 0.25) is 0 Å². The minimum absolute atomic E-state index is 0.0326. The Labute approximate surface area is 154 Å². The Balaban J connectivity index is 1.68. The lowest BCUT2D eigenvalue weighted by molar-refractivity contribution is -0.173. The lowest BCUT2D eigenvalue weighted by atomic mass is 9.49. The van der Waals surface area contributed by atoms with Crippen LogP contribution in [0.25, 0.3) is 0 Å². The molecule has 3 aliphatic carbocycles. The van der Waals surface area contributed by atoms with E-state index in [4.69, 9.17) is 4.74 Å². The van der Waals surface area contributed by atoms with Crippen LogP contribution in [0.15, 0.2) is 12.1 Å². The van der Waals surface area contributed by atoms with Crippen molar-refractivity contribution in [2.24, 2.45) is 5.92 Å². The highest BCUT2D eigenvalue weighted by Gasteiger charge is 2.65. The molecule has 2 bridgehead atoms. The fraction of sp³-hybridized carbons (Fsp3) is 0.667. The highest BCUT2D eigenvalue weighted by molar-refractivity contribution is 5.83. The topological polar surface area (TPSA) is 70.0 Å². The van der Waals surface area contributed by atoms with Gasteiger partial charge in [-0.25, -0.2) is 0 Å². The maximum absolute atomic E-state index is 12.5. The standard InChI is InChI=1S/C21H27NO4/c1-26-16-5-4-14-10-17-21(25)7-6-15(23)11-20(21,18(14)19(16)24)8-9-22(17)12-13-2-3-13/h4-5,13,17,24-25H,2-3,6-12H2,1H3/t17-,20-,21-/m0/s1. The molecule has 1 aromatic carbocycles. The molecule has 4 aliphatic rings. The summed E-state index contributed by atoms with van der Waals surface area (Å²) in [5.41, 5.74) is 0.201. The number of methoxy groups -OCH3 is 1. The molecule has 0 radical (unpaired) electrons. The average Bonchev–Trinajstić information content (AvgIpc) is 3.42. The van der Waals surface area contributed by atoms with Crippen molar-refractivity contribution >= 4 is 5.78 Å². The summed E-state index contributed by atoms with van der Waals surface area (Å²) in [5, 5.41) is 22.9. The molecule has 0 spiro atoms. The Morgan fingerprint density at radius 1 is 1.31 bits per heavy atom. The molecule has 5 heteroatoms. The first-order chi connectivity index (χ1) is 12.5. The second-order valence-corrected chi connectivity index (χ2v) is 8.78. The molecule has 0 amide bonds. The number of hydrogen-bond donors (Lipinski definition) is 2. The van der Waals surface area contributed by atoms with Crippen LogP contribution in [-0.2, 0) is 16.6 Å². The van der Waals surface area contributed by atoms with Crippen molar-refractivity contribution in [1.29, 1.82) is 0 Å². The second kappa shape index (κ2) is 5.46. The second-order valence-electron chi connectivity index (χ2n) is 8.78. The lowest BCUT2D eigenvalue weighted by Gasteiger charge is -2.63. The maximum atomic E-state index is 12.5. The highest BCUT2D eigenvalue weighted by atomic mass is 16.5. The maximum Gasteiger partial charge on any atom is 0.161 e. The van der Waals surface area contributed by atoms with Crippen LogP contribution in [0.5, 0.6) is 11.5 Å². The number of ether oxygens (including phenoxy) is 1. The van der Waals surface area contributed by atoms with Gasteiger partial charge in [-0.15, -0.1) is 0 Å². The van der Waals surface area contributed by atoms with Gasteiger partial charge in [0.2, 0.25) is 0 Å². The van der Waals surface area contributed by atoms with E-state index in [-0.39, 0.29) is 17.6 Å². The van der Waals surface area contributed by atoms with Crippen molar-refractivity contribution in [3.8, 4) is 11.5 Å². The van der Waals surface area contributed by atoms with Gasteiger partial charge >= 0.3 is 0 Å². The Kier molecular flexibility index (Phi) is 3.48. The molecule has 26 heavy (non-hydrogen) atoms. The molecule has 2 saturated carbocycles. The number of phenolic OH excluding ortho intramolecular Hbond substituents is 1. The molecule has 5 rings (SSSR count). The number of piperidine rings is 1. The number of aromatic hydroxyl groups is 1. The van der Waals surface area contributed by atoms with Gasteiger partial charge in [0.1, 0.15) is 5.78 Å². The van der Waals surface area contributed by atoms with Crippen molar-refractivity contribution < 1.29 is 19.7 Å². The van der Waals surface area contributed by atoms with Crippen molar-refractivity contribution in [1.82, 2.24) is 4.90 Å². The van der Waals surface area contributed by atoms with Crippen molar-refractivity contribution in [3.63, 3.8) is 0 Å². The smallest absolute Gasteiger partial charge is 0.161 e. The molecule has 0 unspecified atom stereocenters. The molecule has 140 valence electrons. The van der Waals surface area contributed by atoms with E-state index in [0.29, 0.717) is 31.4 Å². The number of carbonyl (C=O) groups excluding carboxylic acids is 1. The first-order valence-corrected chi connectivity index (χ1v) is 9.86. The number of Topliss-reactive ketones (excluding diaryl/α,β-unsaturated/α-hetero) is 1. The number of aliphatic hydroxyl groups is 1. The van der Waals surface area contributed by atoms with E-state index >= 15 is 0 Å². The predicted molar refractivity (Wildman–Crippen MR) is 96.6 cm³/mol. The van der Waals surface area contributed by atoms with Crippen molar-refractivity contribution in [2.75, 3.05) is 20.2 Å². The number of benzene rings is 1. The van der Waals surface area contributed by atoms with E-state index in [1.165, 1.54) is 12.8 Å². The van der Waals surface area contributed by atoms with Crippen LogP contribution in [0, 0.1) is 5.92 Å². The predicted octanol–water partition coefficient (Wildman–Crippen LogP) is 2.16. The normalized spacial score (nSPS) is 36.4. The number of fused-ring (bicyclic) bond motifs is 1. The number of carbonyl (C=O) groups is 1.